The summed E-state index contributed by atoms with van der Waals surface area (Å²) in [6.45, 7) is 2.77. The standard InChI is InChI=1S/C8H18N2O2S/c11-13(12)10-7-4-8-2-1-5-9-6-3-8/h8-10H,1-7H2,(H,11,12)/p-1. The molecule has 0 bridgehead atoms. The van der Waals surface area contributed by atoms with Crippen molar-refractivity contribution in [1.82, 2.24) is 10.0 Å². The minimum atomic E-state index is -2.09. The second-order valence-corrected chi connectivity index (χ2v) is 4.22. The van der Waals surface area contributed by atoms with Gasteiger partial charge in [0.05, 0.1) is 0 Å². The van der Waals surface area contributed by atoms with Crippen LogP contribution < -0.4 is 10.0 Å². The molecule has 0 radical (unpaired) electrons. The van der Waals surface area contributed by atoms with Crippen molar-refractivity contribution in [2.45, 2.75) is 25.7 Å². The zero-order valence-corrected chi connectivity index (χ0v) is 8.57. The van der Waals surface area contributed by atoms with Gasteiger partial charge in [-0.1, -0.05) is 0 Å². The van der Waals surface area contributed by atoms with E-state index in [1.807, 2.05) is 0 Å². The maximum atomic E-state index is 10.2. The minimum Gasteiger partial charge on any atom is -0.760 e. The zero-order chi connectivity index (χ0) is 9.52. The number of rotatable bonds is 4. The molecule has 0 saturated carbocycles. The van der Waals surface area contributed by atoms with E-state index in [9.17, 15) is 8.76 Å². The predicted molar refractivity (Wildman–Crippen MR) is 51.8 cm³/mol. The molecule has 2 atom stereocenters. The van der Waals surface area contributed by atoms with Crippen molar-refractivity contribution in [3.8, 4) is 0 Å². The highest BCUT2D eigenvalue weighted by Crippen LogP contribution is 2.16. The first-order chi connectivity index (χ1) is 6.29. The number of hydrogen-bond acceptors (Lipinski definition) is 3. The molecule has 1 aliphatic heterocycles. The average Bonchev–Trinajstić information content (AvgIpc) is 2.32. The third kappa shape index (κ3) is 5.36. The molecule has 1 rings (SSSR count). The molecular weight excluding hydrogens is 188 g/mol. The van der Waals surface area contributed by atoms with E-state index in [0.717, 1.165) is 19.5 Å². The van der Waals surface area contributed by atoms with Crippen LogP contribution in [0.3, 0.4) is 0 Å². The molecule has 4 nitrogen and oxygen atoms in total. The Hall–Kier alpha value is 0.0300. The Labute approximate surface area is 81.9 Å². The van der Waals surface area contributed by atoms with Crippen molar-refractivity contribution in [2.75, 3.05) is 19.6 Å². The van der Waals surface area contributed by atoms with Gasteiger partial charge in [0.1, 0.15) is 0 Å². The highest BCUT2D eigenvalue weighted by Gasteiger charge is 2.10. The smallest absolute Gasteiger partial charge is 0.0181 e. The van der Waals surface area contributed by atoms with Gasteiger partial charge in [0.15, 0.2) is 0 Å². The Kier molecular flexibility index (Phi) is 5.54. The van der Waals surface area contributed by atoms with Crippen molar-refractivity contribution in [1.29, 1.82) is 0 Å². The van der Waals surface area contributed by atoms with E-state index in [1.165, 1.54) is 19.3 Å². The van der Waals surface area contributed by atoms with Crippen molar-refractivity contribution < 1.29 is 8.76 Å². The Morgan fingerprint density at radius 1 is 1.46 bits per heavy atom. The summed E-state index contributed by atoms with van der Waals surface area (Å²) >= 11 is -2.09. The van der Waals surface area contributed by atoms with Gasteiger partial charge >= 0.3 is 0 Å². The summed E-state index contributed by atoms with van der Waals surface area (Å²) in [6, 6.07) is 0. The molecule has 0 aromatic heterocycles. The fourth-order valence-corrected chi connectivity index (χ4v) is 2.01. The molecule has 0 spiro atoms. The first-order valence-corrected chi connectivity index (χ1v) is 5.90. The third-order valence-corrected chi connectivity index (χ3v) is 2.91. The van der Waals surface area contributed by atoms with Crippen molar-refractivity contribution in [2.24, 2.45) is 5.92 Å². The molecule has 2 N–H and O–H groups in total. The Morgan fingerprint density at radius 3 is 3.08 bits per heavy atom. The van der Waals surface area contributed by atoms with Gasteiger partial charge in [-0.25, -0.2) is 4.72 Å². The van der Waals surface area contributed by atoms with E-state index in [0.29, 0.717) is 12.5 Å². The van der Waals surface area contributed by atoms with Gasteiger partial charge in [-0.2, -0.15) is 0 Å². The van der Waals surface area contributed by atoms with Crippen LogP contribution >= 0.6 is 0 Å². The van der Waals surface area contributed by atoms with Crippen LogP contribution in [0.1, 0.15) is 25.7 Å². The maximum absolute atomic E-state index is 10.2. The summed E-state index contributed by atoms with van der Waals surface area (Å²) in [5, 5.41) is 3.33. The van der Waals surface area contributed by atoms with Crippen LogP contribution in [0.25, 0.3) is 0 Å². The van der Waals surface area contributed by atoms with E-state index < -0.39 is 11.3 Å². The van der Waals surface area contributed by atoms with Crippen molar-refractivity contribution in [3.05, 3.63) is 0 Å². The maximum Gasteiger partial charge on any atom is 0.0181 e. The van der Waals surface area contributed by atoms with Crippen LogP contribution in [0.2, 0.25) is 0 Å². The van der Waals surface area contributed by atoms with Gasteiger partial charge in [-0.15, -0.1) is 0 Å². The Morgan fingerprint density at radius 2 is 2.31 bits per heavy atom. The van der Waals surface area contributed by atoms with Gasteiger partial charge in [-0.3, -0.25) is 4.21 Å². The average molecular weight is 205 g/mol. The van der Waals surface area contributed by atoms with Gasteiger partial charge in [0.25, 0.3) is 0 Å². The second kappa shape index (κ2) is 6.48. The lowest BCUT2D eigenvalue weighted by atomic mass is 9.97. The lowest BCUT2D eigenvalue weighted by molar-refractivity contribution is 0.434. The van der Waals surface area contributed by atoms with Gasteiger partial charge in [0, 0.05) is 17.8 Å². The topological polar surface area (TPSA) is 64.2 Å². The van der Waals surface area contributed by atoms with Gasteiger partial charge < -0.3 is 9.87 Å². The molecule has 0 aromatic rings. The van der Waals surface area contributed by atoms with E-state index >= 15 is 0 Å². The fraction of sp³-hybridized carbons (Fsp3) is 1.00. The number of nitrogens with one attached hydrogen (secondary N) is 2. The molecule has 1 aliphatic rings. The predicted octanol–water partition coefficient (Wildman–Crippen LogP) is 0.150. The normalized spacial score (nSPS) is 26.7. The van der Waals surface area contributed by atoms with Crippen LogP contribution in [0, 0.1) is 5.92 Å². The molecule has 0 aliphatic carbocycles. The molecule has 0 aromatic carbocycles. The first kappa shape index (κ1) is 11.1. The fourth-order valence-electron chi connectivity index (χ4n) is 1.73. The summed E-state index contributed by atoms with van der Waals surface area (Å²) in [6.07, 6.45) is 4.58. The molecule has 13 heavy (non-hydrogen) atoms. The first-order valence-electron chi connectivity index (χ1n) is 4.82. The molecule has 78 valence electrons. The summed E-state index contributed by atoms with van der Waals surface area (Å²) in [4.78, 5) is 0. The van der Waals surface area contributed by atoms with Crippen LogP contribution in [-0.4, -0.2) is 28.4 Å². The Bertz CT molecular complexity index is 158. The van der Waals surface area contributed by atoms with Crippen LogP contribution in [-0.2, 0) is 11.3 Å². The quantitative estimate of drug-likeness (QED) is 0.642. The molecule has 1 saturated heterocycles. The van der Waals surface area contributed by atoms with Crippen LogP contribution in [0.15, 0.2) is 0 Å². The van der Waals surface area contributed by atoms with E-state index in [4.69, 9.17) is 0 Å². The molecule has 1 fully saturated rings. The van der Waals surface area contributed by atoms with Crippen LogP contribution in [0.4, 0.5) is 0 Å². The molecule has 0 amide bonds. The van der Waals surface area contributed by atoms with Crippen molar-refractivity contribution in [3.63, 3.8) is 0 Å². The highest BCUT2D eigenvalue weighted by molar-refractivity contribution is 7.77. The summed E-state index contributed by atoms with van der Waals surface area (Å²) in [5.41, 5.74) is 0. The minimum absolute atomic E-state index is 0.584. The van der Waals surface area contributed by atoms with E-state index in [2.05, 4.69) is 10.0 Å². The summed E-state index contributed by atoms with van der Waals surface area (Å²) in [7, 11) is 0. The SMILES string of the molecule is O=S([O-])NCCC1CCCNCC1. The highest BCUT2D eigenvalue weighted by atomic mass is 32.2. The van der Waals surface area contributed by atoms with E-state index in [-0.39, 0.29) is 0 Å². The van der Waals surface area contributed by atoms with Gasteiger partial charge in [0.2, 0.25) is 0 Å². The summed E-state index contributed by atoms with van der Waals surface area (Å²) in [5.74, 6) is 0.686. The lowest BCUT2D eigenvalue weighted by Gasteiger charge is -2.14. The second-order valence-electron chi connectivity index (χ2n) is 3.46. The largest absolute Gasteiger partial charge is 0.760 e. The lowest BCUT2D eigenvalue weighted by Crippen LogP contribution is -2.20. The molecule has 5 heteroatoms. The third-order valence-electron chi connectivity index (χ3n) is 2.47. The number of hydrogen-bond donors (Lipinski definition) is 2. The van der Waals surface area contributed by atoms with Gasteiger partial charge in [-0.05, 0) is 44.7 Å². The van der Waals surface area contributed by atoms with Crippen molar-refractivity contribution >= 4 is 11.3 Å². The summed E-state index contributed by atoms with van der Waals surface area (Å²) < 4.78 is 22.8. The monoisotopic (exact) mass is 205 g/mol. The Balaban J connectivity index is 2.08. The zero-order valence-electron chi connectivity index (χ0n) is 7.75. The molecular formula is C8H17N2O2S-. The molecule has 1 heterocycles. The molecule has 2 unspecified atom stereocenters. The van der Waals surface area contributed by atoms with Crippen LogP contribution in [0.5, 0.6) is 0 Å². The van der Waals surface area contributed by atoms with E-state index in [1.54, 1.807) is 0 Å².